The molecule has 0 aromatic heterocycles. The third-order valence-corrected chi connectivity index (χ3v) is 14.5. The van der Waals surface area contributed by atoms with Gasteiger partial charge in [-0.1, -0.05) is 12.1 Å². The zero-order valence-electron chi connectivity index (χ0n) is 20.7. The molecule has 0 amide bonds. The van der Waals surface area contributed by atoms with Crippen molar-refractivity contribution in [2.75, 3.05) is 0 Å². The summed E-state index contributed by atoms with van der Waals surface area (Å²) in [5.41, 5.74) is 3.91. The van der Waals surface area contributed by atoms with E-state index in [2.05, 4.69) is 75.6 Å². The topological polar surface area (TPSA) is 0 Å². The van der Waals surface area contributed by atoms with Gasteiger partial charge in [0.25, 0.3) is 0 Å². The number of hydrogen-bond donors (Lipinski definition) is 0. The van der Waals surface area contributed by atoms with E-state index in [0.717, 1.165) is 48.3 Å². The van der Waals surface area contributed by atoms with Crippen LogP contribution in [0, 0.1) is 23.7 Å². The van der Waals surface area contributed by atoms with Crippen molar-refractivity contribution in [1.29, 1.82) is 0 Å². The van der Waals surface area contributed by atoms with Gasteiger partial charge >= 0.3 is 7.25 Å². The van der Waals surface area contributed by atoms with Crippen molar-refractivity contribution in [2.24, 2.45) is 0 Å². The Morgan fingerprint density at radius 2 is 0.853 bits per heavy atom. The molecular weight excluding hydrogens is 564 g/mol. The standard InChI is InChI=1S/C18H28P2.C8H8.BF4.Rh/c1-13-9-10-14(2)19(13)17-7-5-6-8-18(17)20-15(3)11-12-16(20)4;1-2-4-6-8-7-5-3-1;2-1(3,4)5;/h5-8,13-16H,9-12H2,1-4H3;1-2,7-8H2;;/q;;-1;/p+2/t13-,14-,15-,16-;;;/m0.../s1. The van der Waals surface area contributed by atoms with Gasteiger partial charge in [-0.3, -0.25) is 0 Å². The normalized spacial score (nSPS) is 26.6. The van der Waals surface area contributed by atoms with E-state index >= 15 is 0 Å². The van der Waals surface area contributed by atoms with E-state index in [-0.39, 0.29) is 35.3 Å². The second-order valence-electron chi connectivity index (χ2n) is 9.42. The molecule has 34 heavy (non-hydrogen) atoms. The van der Waals surface area contributed by atoms with Crippen molar-refractivity contribution in [3.8, 4) is 23.7 Å². The largest absolute Gasteiger partial charge is 0.673 e. The van der Waals surface area contributed by atoms with Crippen molar-refractivity contribution in [2.45, 2.75) is 102 Å². The molecule has 0 N–H and O–H groups in total. The van der Waals surface area contributed by atoms with Crippen LogP contribution in [0.5, 0.6) is 0 Å². The first-order chi connectivity index (χ1) is 15.6. The predicted molar refractivity (Wildman–Crippen MR) is 143 cm³/mol. The molecular formula is C26H38BF4P2Rh+. The van der Waals surface area contributed by atoms with Crippen molar-refractivity contribution in [3.63, 3.8) is 0 Å². The molecule has 0 spiro atoms. The van der Waals surface area contributed by atoms with Crippen LogP contribution in [-0.4, -0.2) is 29.9 Å². The quantitative estimate of drug-likeness (QED) is 0.144. The van der Waals surface area contributed by atoms with E-state index in [0.29, 0.717) is 0 Å². The molecule has 1 aliphatic carbocycles. The minimum absolute atomic E-state index is 0. The molecule has 2 saturated heterocycles. The molecule has 2 aliphatic heterocycles. The third-order valence-electron chi connectivity index (χ3n) is 6.74. The summed E-state index contributed by atoms with van der Waals surface area (Å²) in [5.74, 6) is 12.1. The molecule has 191 valence electrons. The minimum Gasteiger partial charge on any atom is -0.418 e. The summed E-state index contributed by atoms with van der Waals surface area (Å²) in [5, 5.41) is 3.67. The van der Waals surface area contributed by atoms with Crippen LogP contribution < -0.4 is 10.6 Å². The Morgan fingerprint density at radius 3 is 1.09 bits per heavy atom. The number of hydrogen-bond acceptors (Lipinski definition) is 0. The molecule has 1 aromatic rings. The summed E-state index contributed by atoms with van der Waals surface area (Å²) >= 11 is 0. The summed E-state index contributed by atoms with van der Waals surface area (Å²) < 4.78 is 39.0. The van der Waals surface area contributed by atoms with E-state index in [1.807, 2.05) is 10.6 Å². The van der Waals surface area contributed by atoms with Crippen LogP contribution in [0.4, 0.5) is 17.3 Å². The number of rotatable bonds is 2. The molecule has 4 rings (SSSR count). The van der Waals surface area contributed by atoms with E-state index in [1.165, 1.54) is 25.7 Å². The van der Waals surface area contributed by atoms with Gasteiger partial charge in [0.15, 0.2) is 0 Å². The van der Waals surface area contributed by atoms with Crippen LogP contribution in [0.15, 0.2) is 24.3 Å². The summed E-state index contributed by atoms with van der Waals surface area (Å²) in [6.45, 7) is 10.1. The monoisotopic (exact) mass is 602 g/mol. The van der Waals surface area contributed by atoms with Gasteiger partial charge in [-0.2, -0.15) is 0 Å². The minimum atomic E-state index is -6.00. The van der Waals surface area contributed by atoms with E-state index in [4.69, 9.17) is 0 Å². The zero-order valence-corrected chi connectivity index (χ0v) is 24.3. The van der Waals surface area contributed by atoms with Crippen molar-refractivity contribution in [3.05, 3.63) is 24.3 Å². The van der Waals surface area contributed by atoms with Crippen LogP contribution in [0.3, 0.4) is 0 Å². The molecule has 0 nitrogen and oxygen atoms in total. The Labute approximate surface area is 219 Å². The fraction of sp³-hybridized carbons (Fsp3) is 0.615. The Hall–Kier alpha value is -0.392. The van der Waals surface area contributed by atoms with Crippen molar-refractivity contribution < 1.29 is 36.7 Å². The van der Waals surface area contributed by atoms with Gasteiger partial charge in [-0.25, -0.2) is 0 Å². The second kappa shape index (κ2) is 15.7. The summed E-state index contributed by atoms with van der Waals surface area (Å²) in [6, 6.07) is 9.64. The fourth-order valence-electron chi connectivity index (χ4n) is 5.25. The van der Waals surface area contributed by atoms with Gasteiger partial charge in [-0.05, 0) is 65.5 Å². The van der Waals surface area contributed by atoms with Crippen LogP contribution in [0.1, 0.15) is 79.1 Å². The second-order valence-corrected chi connectivity index (χ2v) is 16.3. The van der Waals surface area contributed by atoms with E-state index in [9.17, 15) is 17.3 Å². The fourth-order valence-corrected chi connectivity index (χ4v) is 13.5. The van der Waals surface area contributed by atoms with Gasteiger partial charge in [-0.15, -0.1) is 23.7 Å². The molecule has 0 bridgehead atoms. The molecule has 8 heteroatoms. The molecule has 1 aromatic carbocycles. The van der Waals surface area contributed by atoms with Crippen molar-refractivity contribution >= 4 is 33.7 Å². The number of benzene rings is 1. The van der Waals surface area contributed by atoms with Crippen LogP contribution >= 0.6 is 15.8 Å². The SMILES string of the molecule is C1#CCCC#CCC1.C[C@H]1CC[C@H](C)[PH+]1c1ccccc1[PH+]1[C@@H](C)CC[C@@H]1C.F[B-](F)(F)F.[Rh]. The van der Waals surface area contributed by atoms with Gasteiger partial charge in [0.05, 0.1) is 22.6 Å². The molecule has 2 fully saturated rings. The smallest absolute Gasteiger partial charge is 0.418 e. The maximum atomic E-state index is 9.75. The molecule has 4 atom stereocenters. The third kappa shape index (κ3) is 10.7. The Bertz CT molecular complexity index is 764. The average molecular weight is 602 g/mol. The molecule has 3 aliphatic rings. The van der Waals surface area contributed by atoms with Crippen LogP contribution in [0.25, 0.3) is 0 Å². The molecule has 0 unspecified atom stereocenters. The predicted octanol–water partition coefficient (Wildman–Crippen LogP) is 7.37. The molecule has 2 heterocycles. The summed E-state index contributed by atoms with van der Waals surface area (Å²) in [4.78, 5) is 0. The Kier molecular flexibility index (Phi) is 14.6. The average Bonchev–Trinajstić information content (AvgIpc) is 3.21. The maximum absolute atomic E-state index is 9.75. The van der Waals surface area contributed by atoms with Gasteiger partial charge < -0.3 is 17.3 Å². The number of halogens is 4. The van der Waals surface area contributed by atoms with Crippen LogP contribution in [-0.2, 0) is 19.5 Å². The van der Waals surface area contributed by atoms with E-state index in [1.54, 1.807) is 0 Å². The van der Waals surface area contributed by atoms with Crippen molar-refractivity contribution in [1.82, 2.24) is 0 Å². The first kappa shape index (κ1) is 31.6. The van der Waals surface area contributed by atoms with Gasteiger partial charge in [0.2, 0.25) is 0 Å². The summed E-state index contributed by atoms with van der Waals surface area (Å²) in [6.07, 6.45) is 9.74. The Morgan fingerprint density at radius 1 is 0.618 bits per heavy atom. The Balaban J connectivity index is 0.000000343. The maximum Gasteiger partial charge on any atom is 0.673 e. The molecule has 1 radical (unpaired) electrons. The van der Waals surface area contributed by atoms with E-state index < -0.39 is 7.25 Å². The summed E-state index contributed by atoms with van der Waals surface area (Å²) in [7, 11) is -6.66. The zero-order chi connectivity index (χ0) is 24.4. The molecule has 0 saturated carbocycles. The van der Waals surface area contributed by atoms with Crippen LogP contribution in [0.2, 0.25) is 0 Å². The first-order valence-electron chi connectivity index (χ1n) is 12.2. The van der Waals surface area contributed by atoms with Gasteiger partial charge in [0, 0.05) is 61.0 Å². The first-order valence-corrected chi connectivity index (χ1v) is 15.5. The van der Waals surface area contributed by atoms with Gasteiger partial charge in [0.1, 0.15) is 10.6 Å².